The van der Waals surface area contributed by atoms with Gasteiger partial charge in [0.05, 0.1) is 22.8 Å². The van der Waals surface area contributed by atoms with Gasteiger partial charge in [0.25, 0.3) is 0 Å². The van der Waals surface area contributed by atoms with E-state index >= 15 is 0 Å². The molecule has 2 saturated carbocycles. The summed E-state index contributed by atoms with van der Waals surface area (Å²) in [6.07, 6.45) is 1.67. The summed E-state index contributed by atoms with van der Waals surface area (Å²) in [6.45, 7) is 13.0. The molecule has 2 aromatic heterocycles. The van der Waals surface area contributed by atoms with Crippen LogP contribution in [0, 0.1) is 36.5 Å². The number of aromatic nitrogens is 4. The van der Waals surface area contributed by atoms with E-state index in [0.29, 0.717) is 23.7 Å². The maximum absolute atomic E-state index is 13.1. The molecule has 0 saturated heterocycles. The van der Waals surface area contributed by atoms with Crippen molar-refractivity contribution in [3.05, 3.63) is 33.9 Å². The monoisotopic (exact) mass is 378 g/mol. The number of fused-ring (bicyclic) bond motifs is 6. The minimum absolute atomic E-state index is 0.284. The number of carbonyl (C=O) groups excluding carboxylic acids is 2. The van der Waals surface area contributed by atoms with Gasteiger partial charge in [-0.25, -0.2) is 0 Å². The lowest BCUT2D eigenvalue weighted by Gasteiger charge is -2.11. The molecule has 28 heavy (non-hydrogen) atoms. The third-order valence-corrected chi connectivity index (χ3v) is 8.53. The van der Waals surface area contributed by atoms with Crippen molar-refractivity contribution in [3.63, 3.8) is 0 Å². The maximum Gasteiger partial charge on any atom is 0.338 e. The number of carbonyl (C=O) groups is 2. The predicted octanol–water partition coefficient (Wildman–Crippen LogP) is 3.27. The van der Waals surface area contributed by atoms with Gasteiger partial charge in [0.2, 0.25) is 0 Å². The summed E-state index contributed by atoms with van der Waals surface area (Å²) in [6, 6.07) is 0. The van der Waals surface area contributed by atoms with Crippen molar-refractivity contribution < 1.29 is 9.59 Å². The van der Waals surface area contributed by atoms with Crippen molar-refractivity contribution >= 4 is 11.8 Å². The van der Waals surface area contributed by atoms with E-state index in [1.54, 1.807) is 0 Å². The van der Waals surface area contributed by atoms with Crippen molar-refractivity contribution in [1.29, 1.82) is 0 Å². The summed E-state index contributed by atoms with van der Waals surface area (Å²) in [5.74, 6) is 0.939. The van der Waals surface area contributed by atoms with Gasteiger partial charge in [0, 0.05) is 11.1 Å². The van der Waals surface area contributed by atoms with Gasteiger partial charge in [-0.05, 0) is 61.2 Å². The summed E-state index contributed by atoms with van der Waals surface area (Å²) in [4.78, 5) is 26.2. The molecule has 0 amide bonds. The molecule has 2 heterocycles. The van der Waals surface area contributed by atoms with Crippen molar-refractivity contribution in [1.82, 2.24) is 19.6 Å². The molecule has 0 aromatic carbocycles. The number of nitrogens with zero attached hydrogens (tertiary/aromatic N) is 4. The van der Waals surface area contributed by atoms with Crippen LogP contribution in [0.4, 0.5) is 0 Å². The summed E-state index contributed by atoms with van der Waals surface area (Å²) < 4.78 is 2.75. The summed E-state index contributed by atoms with van der Waals surface area (Å²) in [7, 11) is 0. The molecule has 4 aliphatic rings. The molecule has 4 unspecified atom stereocenters. The highest BCUT2D eigenvalue weighted by Crippen LogP contribution is 2.71. The van der Waals surface area contributed by atoms with Crippen LogP contribution in [0.5, 0.6) is 0 Å². The van der Waals surface area contributed by atoms with E-state index in [2.05, 4.69) is 37.9 Å². The van der Waals surface area contributed by atoms with E-state index in [1.165, 1.54) is 20.5 Å². The molecule has 0 aliphatic heterocycles. The Bertz CT molecular complexity index is 1030. The van der Waals surface area contributed by atoms with Gasteiger partial charge >= 0.3 is 11.8 Å². The Kier molecular flexibility index (Phi) is 2.68. The lowest BCUT2D eigenvalue weighted by atomic mass is 9.98. The lowest BCUT2D eigenvalue weighted by molar-refractivity contribution is 0.0691. The Balaban J connectivity index is 1.36. The van der Waals surface area contributed by atoms with Crippen molar-refractivity contribution in [2.75, 3.05) is 0 Å². The SMILES string of the molecule is Cc1nn(C(=O)C(=O)n2nc(C)c3c2CC2C3C2(C)C)c2c1C1C(C2)C1(C)C. The van der Waals surface area contributed by atoms with Crippen LogP contribution in [0.2, 0.25) is 0 Å². The summed E-state index contributed by atoms with van der Waals surface area (Å²) in [5.41, 5.74) is 6.61. The topological polar surface area (TPSA) is 69.8 Å². The second kappa shape index (κ2) is 4.50. The van der Waals surface area contributed by atoms with Gasteiger partial charge in [-0.15, -0.1) is 0 Å². The third kappa shape index (κ3) is 1.67. The first-order valence-electron chi connectivity index (χ1n) is 10.3. The normalized spacial score (nSPS) is 31.8. The van der Waals surface area contributed by atoms with Gasteiger partial charge in [-0.2, -0.15) is 19.6 Å². The average Bonchev–Trinajstić information content (AvgIpc) is 3.11. The molecular formula is C22H26N4O2. The molecule has 0 N–H and O–H groups in total. The van der Waals surface area contributed by atoms with Crippen LogP contribution in [0.3, 0.4) is 0 Å². The van der Waals surface area contributed by atoms with Gasteiger partial charge in [0.1, 0.15) is 0 Å². The second-order valence-corrected chi connectivity index (χ2v) is 10.5. The van der Waals surface area contributed by atoms with E-state index in [4.69, 9.17) is 0 Å². The summed E-state index contributed by atoms with van der Waals surface area (Å²) in [5, 5.41) is 8.95. The minimum Gasteiger partial charge on any atom is -0.261 e. The molecule has 2 fully saturated rings. The lowest BCUT2D eigenvalue weighted by Crippen LogP contribution is -2.31. The van der Waals surface area contributed by atoms with Gasteiger partial charge in [-0.3, -0.25) is 9.59 Å². The number of hydrogen-bond donors (Lipinski definition) is 0. The Morgan fingerprint density at radius 2 is 1.14 bits per heavy atom. The van der Waals surface area contributed by atoms with Crippen molar-refractivity contribution in [2.24, 2.45) is 22.7 Å². The largest absolute Gasteiger partial charge is 0.338 e. The van der Waals surface area contributed by atoms with Gasteiger partial charge < -0.3 is 0 Å². The van der Waals surface area contributed by atoms with Crippen molar-refractivity contribution in [3.8, 4) is 0 Å². The Morgan fingerprint density at radius 1 is 0.786 bits per heavy atom. The molecule has 0 radical (unpaired) electrons. The first kappa shape index (κ1) is 16.7. The molecule has 6 rings (SSSR count). The average molecular weight is 378 g/mol. The number of rotatable bonds is 0. The quantitative estimate of drug-likeness (QED) is 0.660. The molecule has 0 spiro atoms. The standard InChI is InChI=1S/C22H26N4O2/c1-9-15-13(7-11-17(15)21(11,3)4)25(23-9)19(27)20(28)26-14-8-12-18(22(12,5)6)16(14)10(2)24-26/h11-12,17-18H,7-8H2,1-6H3. The first-order valence-corrected chi connectivity index (χ1v) is 10.3. The highest BCUT2D eigenvalue weighted by Gasteiger charge is 2.65. The fourth-order valence-corrected chi connectivity index (χ4v) is 6.71. The fraction of sp³-hybridized carbons (Fsp3) is 0.636. The highest BCUT2D eigenvalue weighted by molar-refractivity contribution is 6.36. The van der Waals surface area contributed by atoms with Crippen LogP contribution in [-0.4, -0.2) is 31.4 Å². The van der Waals surface area contributed by atoms with E-state index in [-0.39, 0.29) is 10.8 Å². The fourth-order valence-electron chi connectivity index (χ4n) is 6.71. The van der Waals surface area contributed by atoms with Gasteiger partial charge in [0.15, 0.2) is 0 Å². The van der Waals surface area contributed by atoms with E-state index < -0.39 is 11.8 Å². The van der Waals surface area contributed by atoms with Crippen molar-refractivity contribution in [2.45, 2.75) is 66.2 Å². The van der Waals surface area contributed by atoms with E-state index in [1.807, 2.05) is 13.8 Å². The first-order chi connectivity index (χ1) is 13.1. The Labute approximate surface area is 164 Å². The Morgan fingerprint density at radius 3 is 1.50 bits per heavy atom. The minimum atomic E-state index is -0.575. The molecule has 2 aromatic rings. The smallest absolute Gasteiger partial charge is 0.261 e. The Hall–Kier alpha value is -2.24. The molecule has 6 nitrogen and oxygen atoms in total. The molecule has 4 atom stereocenters. The predicted molar refractivity (Wildman–Crippen MR) is 103 cm³/mol. The maximum atomic E-state index is 13.1. The van der Waals surface area contributed by atoms with E-state index in [0.717, 1.165) is 35.6 Å². The van der Waals surface area contributed by atoms with Crippen LogP contribution in [-0.2, 0) is 12.8 Å². The highest BCUT2D eigenvalue weighted by atomic mass is 16.2. The van der Waals surface area contributed by atoms with E-state index in [9.17, 15) is 9.59 Å². The zero-order chi connectivity index (χ0) is 19.9. The zero-order valence-electron chi connectivity index (χ0n) is 17.3. The number of hydrogen-bond acceptors (Lipinski definition) is 4. The summed E-state index contributed by atoms with van der Waals surface area (Å²) >= 11 is 0. The van der Waals surface area contributed by atoms with Crippen LogP contribution in [0.1, 0.15) is 83.0 Å². The molecule has 146 valence electrons. The molecular weight excluding hydrogens is 352 g/mol. The zero-order valence-corrected chi connectivity index (χ0v) is 17.3. The van der Waals surface area contributed by atoms with Crippen LogP contribution < -0.4 is 0 Å². The van der Waals surface area contributed by atoms with Crippen LogP contribution in [0.15, 0.2) is 0 Å². The second-order valence-electron chi connectivity index (χ2n) is 10.5. The van der Waals surface area contributed by atoms with Crippen LogP contribution in [0.25, 0.3) is 0 Å². The molecule has 4 aliphatic carbocycles. The number of aryl methyl sites for hydroxylation is 2. The third-order valence-electron chi connectivity index (χ3n) is 8.53. The van der Waals surface area contributed by atoms with Gasteiger partial charge in [-0.1, -0.05) is 27.7 Å². The van der Waals surface area contributed by atoms with Crippen LogP contribution >= 0.6 is 0 Å². The molecule has 0 bridgehead atoms. The molecule has 6 heteroatoms.